The molecule has 6 heteroatoms. The fraction of sp³-hybridized carbons (Fsp3) is 0. The molecule has 0 atom stereocenters. The Balaban J connectivity index is 1.66. The normalized spacial score (nSPS) is 10.4. The molecule has 0 spiro atoms. The highest BCUT2D eigenvalue weighted by molar-refractivity contribution is 7.12. The third-order valence-electron chi connectivity index (χ3n) is 4.18. The Kier molecular flexibility index (Phi) is 5.03. The van der Waals surface area contributed by atoms with Crippen LogP contribution in [0, 0.1) is 0 Å². The number of amides is 2. The maximum atomic E-state index is 12.7. The summed E-state index contributed by atoms with van der Waals surface area (Å²) < 4.78 is 5.63. The molecule has 2 amide bonds. The second-order valence-electron chi connectivity index (χ2n) is 5.97. The fourth-order valence-electron chi connectivity index (χ4n) is 2.89. The van der Waals surface area contributed by atoms with E-state index in [4.69, 9.17) is 4.42 Å². The highest BCUT2D eigenvalue weighted by atomic mass is 32.1. The molecule has 2 aromatic carbocycles. The van der Waals surface area contributed by atoms with E-state index in [1.807, 2.05) is 60.7 Å². The van der Waals surface area contributed by atoms with Crippen LogP contribution in [0.3, 0.4) is 0 Å². The van der Waals surface area contributed by atoms with Crippen molar-refractivity contribution in [3.8, 4) is 22.3 Å². The summed E-state index contributed by atoms with van der Waals surface area (Å²) in [5.74, 6) is -0.762. The number of hydrogen-bond acceptors (Lipinski definition) is 4. The third kappa shape index (κ3) is 3.58. The van der Waals surface area contributed by atoms with E-state index in [-0.39, 0.29) is 11.7 Å². The van der Waals surface area contributed by atoms with Gasteiger partial charge in [0.05, 0.1) is 11.1 Å². The lowest BCUT2D eigenvalue weighted by Crippen LogP contribution is -2.41. The van der Waals surface area contributed by atoms with Crippen LogP contribution in [-0.4, -0.2) is 11.8 Å². The Morgan fingerprint density at radius 1 is 0.750 bits per heavy atom. The molecule has 0 saturated carbocycles. The van der Waals surface area contributed by atoms with Gasteiger partial charge in [-0.25, -0.2) is 0 Å². The summed E-state index contributed by atoms with van der Waals surface area (Å²) in [7, 11) is 0. The minimum Gasteiger partial charge on any atom is -0.458 e. The first kappa shape index (κ1) is 17.8. The average Bonchev–Trinajstić information content (AvgIpc) is 3.43. The molecule has 4 aromatic rings. The molecule has 0 aliphatic carbocycles. The minimum atomic E-state index is -0.522. The number of hydrazine groups is 1. The molecular weight excluding hydrogens is 372 g/mol. The van der Waals surface area contributed by atoms with E-state index < -0.39 is 5.91 Å². The van der Waals surface area contributed by atoms with Crippen molar-refractivity contribution in [2.45, 2.75) is 0 Å². The smallest absolute Gasteiger partial charge is 0.306 e. The molecule has 138 valence electrons. The molecule has 28 heavy (non-hydrogen) atoms. The van der Waals surface area contributed by atoms with Gasteiger partial charge in [0.2, 0.25) is 5.76 Å². The number of nitrogens with one attached hydrogen (secondary N) is 2. The fourth-order valence-corrected chi connectivity index (χ4v) is 3.51. The number of benzene rings is 2. The number of thiophene rings is 1. The summed E-state index contributed by atoms with van der Waals surface area (Å²) in [4.78, 5) is 25.3. The van der Waals surface area contributed by atoms with Gasteiger partial charge in [-0.2, -0.15) is 0 Å². The molecule has 2 heterocycles. The molecule has 2 aromatic heterocycles. The monoisotopic (exact) mass is 388 g/mol. The molecule has 0 bridgehead atoms. The number of carbonyl (C=O) groups is 2. The Bertz CT molecular complexity index is 1090. The molecule has 2 N–H and O–H groups in total. The summed E-state index contributed by atoms with van der Waals surface area (Å²) in [6, 6.07) is 22.7. The Morgan fingerprint density at radius 3 is 2.04 bits per heavy atom. The van der Waals surface area contributed by atoms with Crippen LogP contribution in [-0.2, 0) is 0 Å². The second kappa shape index (κ2) is 7.94. The van der Waals surface area contributed by atoms with Gasteiger partial charge in [0.15, 0.2) is 0 Å². The van der Waals surface area contributed by atoms with Crippen molar-refractivity contribution in [1.29, 1.82) is 0 Å². The van der Waals surface area contributed by atoms with Crippen LogP contribution in [0.25, 0.3) is 22.3 Å². The lowest BCUT2D eigenvalue weighted by Gasteiger charge is -2.08. The van der Waals surface area contributed by atoms with E-state index in [9.17, 15) is 9.59 Å². The van der Waals surface area contributed by atoms with E-state index in [2.05, 4.69) is 10.9 Å². The predicted octanol–water partition coefficient (Wildman–Crippen LogP) is 4.75. The Morgan fingerprint density at radius 2 is 1.39 bits per heavy atom. The van der Waals surface area contributed by atoms with Gasteiger partial charge in [0, 0.05) is 11.1 Å². The minimum absolute atomic E-state index is 0.136. The first-order valence-electron chi connectivity index (χ1n) is 8.60. The number of carbonyl (C=O) groups excluding carboxylic acids is 2. The van der Waals surface area contributed by atoms with Gasteiger partial charge in [-0.05, 0) is 22.6 Å². The summed E-state index contributed by atoms with van der Waals surface area (Å²) in [5.41, 5.74) is 8.13. The van der Waals surface area contributed by atoms with E-state index in [1.165, 1.54) is 11.3 Å². The van der Waals surface area contributed by atoms with Crippen LogP contribution in [0.4, 0.5) is 0 Å². The summed E-state index contributed by atoms with van der Waals surface area (Å²) in [5, 5.41) is 1.79. The average molecular weight is 388 g/mol. The standard InChI is InChI=1S/C22H16N2O3S/c25-21(18-12-7-13-28-18)23-24-22(26)20-19(16-10-5-2-6-11-16)17(14-27-20)15-8-3-1-4-9-15/h1-14H,(H,23,25)(H,24,26). The lowest BCUT2D eigenvalue weighted by atomic mass is 9.96. The van der Waals surface area contributed by atoms with Crippen LogP contribution in [0.1, 0.15) is 20.2 Å². The maximum Gasteiger partial charge on any atom is 0.306 e. The first-order valence-corrected chi connectivity index (χ1v) is 9.48. The molecule has 0 saturated heterocycles. The molecular formula is C22H16N2O3S. The molecule has 5 nitrogen and oxygen atoms in total. The number of furan rings is 1. The van der Waals surface area contributed by atoms with E-state index in [1.54, 1.807) is 23.8 Å². The quantitative estimate of drug-likeness (QED) is 0.496. The van der Waals surface area contributed by atoms with E-state index in [0.717, 1.165) is 16.7 Å². The predicted molar refractivity (Wildman–Crippen MR) is 109 cm³/mol. The van der Waals surface area contributed by atoms with Gasteiger partial charge in [0.1, 0.15) is 0 Å². The van der Waals surface area contributed by atoms with Crippen LogP contribution in [0.5, 0.6) is 0 Å². The van der Waals surface area contributed by atoms with Gasteiger partial charge in [-0.15, -0.1) is 11.3 Å². The van der Waals surface area contributed by atoms with Crippen molar-refractivity contribution in [2.75, 3.05) is 0 Å². The van der Waals surface area contributed by atoms with Crippen LogP contribution >= 0.6 is 11.3 Å². The van der Waals surface area contributed by atoms with Crippen LogP contribution in [0.15, 0.2) is 88.9 Å². The van der Waals surface area contributed by atoms with Crippen LogP contribution < -0.4 is 10.9 Å². The summed E-state index contributed by atoms with van der Waals surface area (Å²) in [6.07, 6.45) is 1.56. The SMILES string of the molecule is O=C(NNC(=O)c1occ(-c2ccccc2)c1-c1ccccc1)c1cccs1. The highest BCUT2D eigenvalue weighted by Crippen LogP contribution is 2.36. The summed E-state index contributed by atoms with van der Waals surface area (Å²) in [6.45, 7) is 0. The summed E-state index contributed by atoms with van der Waals surface area (Å²) >= 11 is 1.29. The largest absolute Gasteiger partial charge is 0.458 e. The van der Waals surface area contributed by atoms with Crippen molar-refractivity contribution >= 4 is 23.2 Å². The Labute approximate surface area is 165 Å². The molecule has 0 unspecified atom stereocenters. The molecule has 0 fully saturated rings. The second-order valence-corrected chi connectivity index (χ2v) is 6.92. The molecule has 0 radical (unpaired) electrons. The lowest BCUT2D eigenvalue weighted by molar-refractivity contribution is 0.0833. The maximum absolute atomic E-state index is 12.7. The number of rotatable bonds is 4. The Hall–Kier alpha value is -3.64. The van der Waals surface area contributed by atoms with Gasteiger partial charge < -0.3 is 4.42 Å². The van der Waals surface area contributed by atoms with Crippen molar-refractivity contribution in [3.05, 3.63) is 95.1 Å². The topological polar surface area (TPSA) is 71.3 Å². The van der Waals surface area contributed by atoms with Crippen molar-refractivity contribution < 1.29 is 14.0 Å². The zero-order valence-corrected chi connectivity index (χ0v) is 15.5. The molecule has 4 rings (SSSR count). The van der Waals surface area contributed by atoms with Crippen LogP contribution in [0.2, 0.25) is 0 Å². The highest BCUT2D eigenvalue weighted by Gasteiger charge is 2.23. The van der Waals surface area contributed by atoms with Gasteiger partial charge in [0.25, 0.3) is 5.91 Å². The van der Waals surface area contributed by atoms with Gasteiger partial charge in [-0.3, -0.25) is 20.4 Å². The first-order chi connectivity index (χ1) is 13.7. The number of hydrogen-bond donors (Lipinski definition) is 2. The molecule has 0 aliphatic rings. The van der Waals surface area contributed by atoms with Gasteiger partial charge in [-0.1, -0.05) is 66.7 Å². The molecule has 0 aliphatic heterocycles. The van der Waals surface area contributed by atoms with E-state index >= 15 is 0 Å². The van der Waals surface area contributed by atoms with Gasteiger partial charge >= 0.3 is 5.91 Å². The van der Waals surface area contributed by atoms with Crippen molar-refractivity contribution in [1.82, 2.24) is 10.9 Å². The third-order valence-corrected chi connectivity index (χ3v) is 5.05. The zero-order chi connectivity index (χ0) is 19.3. The van der Waals surface area contributed by atoms with Crippen molar-refractivity contribution in [2.24, 2.45) is 0 Å². The zero-order valence-electron chi connectivity index (χ0n) is 14.7. The van der Waals surface area contributed by atoms with Crippen molar-refractivity contribution in [3.63, 3.8) is 0 Å². The van der Waals surface area contributed by atoms with E-state index in [0.29, 0.717) is 10.4 Å².